The molecule has 156 valence electrons. The molecule has 1 saturated heterocycles. The van der Waals surface area contributed by atoms with Crippen molar-refractivity contribution in [3.63, 3.8) is 0 Å². The van der Waals surface area contributed by atoms with Crippen LogP contribution in [0.25, 0.3) is 5.65 Å². The topological polar surface area (TPSA) is 88.3 Å². The van der Waals surface area contributed by atoms with Crippen LogP contribution in [0.2, 0.25) is 0 Å². The largest absolute Gasteiger partial charge is 0.349 e. The van der Waals surface area contributed by atoms with E-state index in [2.05, 4.69) is 25.4 Å². The molecular formula is C21H17F2N7O. The summed E-state index contributed by atoms with van der Waals surface area (Å²) in [4.78, 5) is 26.9. The van der Waals surface area contributed by atoms with Crippen molar-refractivity contribution in [1.29, 1.82) is 0 Å². The van der Waals surface area contributed by atoms with Crippen molar-refractivity contribution >= 4 is 23.1 Å². The van der Waals surface area contributed by atoms with Crippen molar-refractivity contribution in [2.75, 3.05) is 16.8 Å². The molecule has 31 heavy (non-hydrogen) atoms. The molecule has 1 aromatic carbocycles. The standard InChI is InChI=1S/C21H17F2N7O/c22-13-3-4-15(23)14(10-13)18-2-1-8-29(18)19-5-9-30-20(28-19)16(12-26-30)27-21(31)17-11-24-6-7-25-17/h3-7,9-12,18H,1-2,8H2,(H,27,31). The number of hydrogen-bond donors (Lipinski definition) is 1. The second-order valence-corrected chi connectivity index (χ2v) is 7.17. The van der Waals surface area contributed by atoms with Crippen LogP contribution in [-0.4, -0.2) is 37.0 Å². The van der Waals surface area contributed by atoms with Crippen LogP contribution in [0.4, 0.5) is 20.3 Å². The Bertz CT molecular complexity index is 1260. The fourth-order valence-corrected chi connectivity index (χ4v) is 3.84. The number of fused-ring (bicyclic) bond motifs is 1. The monoisotopic (exact) mass is 421 g/mol. The Morgan fingerprint density at radius 1 is 1.16 bits per heavy atom. The van der Waals surface area contributed by atoms with Crippen molar-refractivity contribution in [3.8, 4) is 0 Å². The van der Waals surface area contributed by atoms with Crippen LogP contribution < -0.4 is 10.2 Å². The summed E-state index contributed by atoms with van der Waals surface area (Å²) < 4.78 is 29.7. The maximum absolute atomic E-state index is 14.4. The van der Waals surface area contributed by atoms with Gasteiger partial charge in [-0.05, 0) is 37.1 Å². The summed E-state index contributed by atoms with van der Waals surface area (Å²) >= 11 is 0. The highest BCUT2D eigenvalue weighted by Gasteiger charge is 2.30. The van der Waals surface area contributed by atoms with Crippen LogP contribution in [0, 0.1) is 11.6 Å². The lowest BCUT2D eigenvalue weighted by Gasteiger charge is -2.26. The maximum Gasteiger partial charge on any atom is 0.276 e. The van der Waals surface area contributed by atoms with Crippen LogP contribution in [0.15, 0.2) is 55.2 Å². The predicted octanol–water partition coefficient (Wildman–Crippen LogP) is 3.39. The second kappa shape index (κ2) is 7.71. The van der Waals surface area contributed by atoms with Crippen LogP contribution in [0.1, 0.15) is 34.9 Å². The van der Waals surface area contributed by atoms with E-state index in [1.807, 2.05) is 4.90 Å². The Kier molecular flexibility index (Phi) is 4.73. The van der Waals surface area contributed by atoms with Gasteiger partial charge in [0.25, 0.3) is 5.91 Å². The minimum absolute atomic E-state index is 0.166. The van der Waals surface area contributed by atoms with Crippen LogP contribution >= 0.6 is 0 Å². The van der Waals surface area contributed by atoms with E-state index in [1.54, 1.807) is 12.3 Å². The van der Waals surface area contributed by atoms with Gasteiger partial charge in [0.1, 0.15) is 28.8 Å². The number of amides is 1. The average Bonchev–Trinajstić information content (AvgIpc) is 3.43. The quantitative estimate of drug-likeness (QED) is 0.544. The molecule has 1 aliphatic heterocycles. The Labute approximate surface area is 175 Å². The molecule has 1 atom stereocenters. The first kappa shape index (κ1) is 19.0. The van der Waals surface area contributed by atoms with Crippen LogP contribution in [-0.2, 0) is 0 Å². The van der Waals surface area contributed by atoms with E-state index in [0.717, 1.165) is 18.6 Å². The van der Waals surface area contributed by atoms with E-state index >= 15 is 0 Å². The molecule has 1 N–H and O–H groups in total. The van der Waals surface area contributed by atoms with Crippen LogP contribution in [0.5, 0.6) is 0 Å². The summed E-state index contributed by atoms with van der Waals surface area (Å²) in [5, 5.41) is 6.95. The van der Waals surface area contributed by atoms with Gasteiger partial charge in [0.05, 0.1) is 18.4 Å². The molecule has 10 heteroatoms. The van der Waals surface area contributed by atoms with E-state index < -0.39 is 17.5 Å². The van der Waals surface area contributed by atoms with Crippen molar-refractivity contribution in [2.45, 2.75) is 18.9 Å². The SMILES string of the molecule is O=C(Nc1cnn2ccc(N3CCCC3c3cc(F)ccc3F)nc12)c1cnccn1. The molecule has 3 aromatic heterocycles. The van der Waals surface area contributed by atoms with Gasteiger partial charge in [-0.2, -0.15) is 5.10 Å². The zero-order chi connectivity index (χ0) is 21.4. The molecule has 0 radical (unpaired) electrons. The molecule has 1 aliphatic rings. The third-order valence-corrected chi connectivity index (χ3v) is 5.26. The summed E-state index contributed by atoms with van der Waals surface area (Å²) in [6.07, 6.45) is 8.99. The zero-order valence-electron chi connectivity index (χ0n) is 16.2. The summed E-state index contributed by atoms with van der Waals surface area (Å²) in [5.74, 6) is -0.762. The van der Waals surface area contributed by atoms with E-state index in [4.69, 9.17) is 0 Å². The number of hydrogen-bond acceptors (Lipinski definition) is 6. The maximum atomic E-state index is 14.4. The third kappa shape index (κ3) is 3.56. The van der Waals surface area contributed by atoms with E-state index in [-0.39, 0.29) is 11.7 Å². The van der Waals surface area contributed by atoms with Gasteiger partial charge in [-0.15, -0.1) is 0 Å². The minimum atomic E-state index is -0.475. The molecule has 4 aromatic rings. The number of nitrogens with one attached hydrogen (secondary N) is 1. The highest BCUT2D eigenvalue weighted by Crippen LogP contribution is 2.37. The molecule has 8 nitrogen and oxygen atoms in total. The molecule has 4 heterocycles. The molecule has 1 amide bonds. The van der Waals surface area contributed by atoms with Gasteiger partial charge < -0.3 is 10.2 Å². The highest BCUT2D eigenvalue weighted by molar-refractivity contribution is 6.04. The lowest BCUT2D eigenvalue weighted by molar-refractivity contribution is 0.102. The first-order valence-electron chi connectivity index (χ1n) is 9.73. The number of carbonyl (C=O) groups is 1. The lowest BCUT2D eigenvalue weighted by atomic mass is 10.0. The van der Waals surface area contributed by atoms with Gasteiger partial charge in [-0.1, -0.05) is 0 Å². The van der Waals surface area contributed by atoms with Crippen molar-refractivity contribution in [2.24, 2.45) is 0 Å². The third-order valence-electron chi connectivity index (χ3n) is 5.26. The van der Waals surface area contributed by atoms with Gasteiger partial charge in [-0.3, -0.25) is 9.78 Å². The number of halogens is 2. The van der Waals surface area contributed by atoms with Crippen molar-refractivity contribution < 1.29 is 13.6 Å². The number of aromatic nitrogens is 5. The molecule has 0 bridgehead atoms. The van der Waals surface area contributed by atoms with Gasteiger partial charge >= 0.3 is 0 Å². The first-order valence-corrected chi connectivity index (χ1v) is 9.73. The molecule has 0 aliphatic carbocycles. The fourth-order valence-electron chi connectivity index (χ4n) is 3.84. The summed E-state index contributed by atoms with van der Waals surface area (Å²) in [5.41, 5.74) is 1.31. The summed E-state index contributed by atoms with van der Waals surface area (Å²) in [6.45, 7) is 0.652. The normalized spacial score (nSPS) is 16.1. The Hall–Kier alpha value is -3.95. The van der Waals surface area contributed by atoms with E-state index in [1.165, 1.54) is 35.4 Å². The van der Waals surface area contributed by atoms with Crippen molar-refractivity contribution in [3.05, 3.63) is 78.1 Å². The average molecular weight is 421 g/mol. The molecule has 0 saturated carbocycles. The smallest absolute Gasteiger partial charge is 0.276 e. The van der Waals surface area contributed by atoms with Crippen molar-refractivity contribution in [1.82, 2.24) is 24.6 Å². The minimum Gasteiger partial charge on any atom is -0.349 e. The molecular weight excluding hydrogens is 404 g/mol. The van der Waals surface area contributed by atoms with Gasteiger partial charge in [0.15, 0.2) is 5.65 Å². The highest BCUT2D eigenvalue weighted by atomic mass is 19.1. The Balaban J connectivity index is 1.47. The molecule has 5 rings (SSSR count). The Morgan fingerprint density at radius 3 is 2.90 bits per heavy atom. The number of anilines is 2. The fraction of sp³-hybridized carbons (Fsp3) is 0.190. The first-order chi connectivity index (χ1) is 15.1. The number of carbonyl (C=O) groups excluding carboxylic acids is 1. The van der Waals surface area contributed by atoms with E-state index in [0.29, 0.717) is 35.7 Å². The number of rotatable bonds is 4. The number of nitrogens with zero attached hydrogens (tertiary/aromatic N) is 6. The van der Waals surface area contributed by atoms with Gasteiger partial charge in [-0.25, -0.2) is 23.3 Å². The lowest BCUT2D eigenvalue weighted by Crippen LogP contribution is -2.24. The number of benzene rings is 1. The zero-order valence-corrected chi connectivity index (χ0v) is 16.2. The summed E-state index contributed by atoms with van der Waals surface area (Å²) in [7, 11) is 0. The molecule has 1 unspecified atom stereocenters. The summed E-state index contributed by atoms with van der Waals surface area (Å²) in [6, 6.07) is 4.94. The molecule has 1 fully saturated rings. The Morgan fingerprint density at radius 2 is 2.06 bits per heavy atom. The van der Waals surface area contributed by atoms with Gasteiger partial charge in [0, 0.05) is 30.7 Å². The second-order valence-electron chi connectivity index (χ2n) is 7.17. The van der Waals surface area contributed by atoms with Crippen LogP contribution in [0.3, 0.4) is 0 Å². The van der Waals surface area contributed by atoms with E-state index in [9.17, 15) is 13.6 Å². The van der Waals surface area contributed by atoms with Gasteiger partial charge in [0.2, 0.25) is 0 Å². The molecule has 0 spiro atoms. The predicted molar refractivity (Wildman–Crippen MR) is 109 cm³/mol.